The van der Waals surface area contributed by atoms with E-state index in [2.05, 4.69) is 4.98 Å². The molecule has 0 radical (unpaired) electrons. The van der Waals surface area contributed by atoms with E-state index in [1.165, 1.54) is 3.97 Å². The Kier molecular flexibility index (Phi) is 4.67. The van der Waals surface area contributed by atoms with Crippen LogP contribution in [0.3, 0.4) is 0 Å². The molecular formula is C24H19N3O4S. The predicted molar refractivity (Wildman–Crippen MR) is 119 cm³/mol. The molecule has 3 aromatic carbocycles. The maximum atomic E-state index is 13.6. The first-order chi connectivity index (χ1) is 15.4. The molecule has 32 heavy (non-hydrogen) atoms. The standard InChI is InChI=1S/C24H19N3O4S/c1-16-7-6-8-17(15-16)32(30,31)27-21-12-5-4-11-20(21)25-22(27)13-14-26-23(28)18-9-2-3-10-19(18)24(26)29/h2-12,15H,13-14H2,1H3. The number of amides is 2. The quantitative estimate of drug-likeness (QED) is 0.439. The van der Waals surface area contributed by atoms with Gasteiger partial charge in [0.05, 0.1) is 27.1 Å². The number of hydrogen-bond acceptors (Lipinski definition) is 5. The molecule has 0 bridgehead atoms. The Labute approximate surface area is 185 Å². The molecule has 5 rings (SSSR count). The molecule has 2 amide bonds. The number of aromatic nitrogens is 2. The van der Waals surface area contributed by atoms with Crippen LogP contribution in [0.4, 0.5) is 0 Å². The van der Waals surface area contributed by atoms with Gasteiger partial charge in [0.25, 0.3) is 21.8 Å². The van der Waals surface area contributed by atoms with Gasteiger partial charge in [0.15, 0.2) is 0 Å². The van der Waals surface area contributed by atoms with E-state index >= 15 is 0 Å². The van der Waals surface area contributed by atoms with Gasteiger partial charge >= 0.3 is 0 Å². The summed E-state index contributed by atoms with van der Waals surface area (Å²) < 4.78 is 28.3. The molecule has 1 aromatic heterocycles. The second-order valence-corrected chi connectivity index (χ2v) is 9.45. The molecule has 0 aliphatic carbocycles. The van der Waals surface area contributed by atoms with E-state index in [0.717, 1.165) is 10.5 Å². The molecule has 7 nitrogen and oxygen atoms in total. The third kappa shape index (κ3) is 3.11. The normalized spacial score (nSPS) is 13.7. The van der Waals surface area contributed by atoms with Gasteiger partial charge in [0, 0.05) is 13.0 Å². The van der Waals surface area contributed by atoms with E-state index in [9.17, 15) is 18.0 Å². The maximum absolute atomic E-state index is 13.6. The fourth-order valence-electron chi connectivity index (χ4n) is 4.01. The smallest absolute Gasteiger partial charge is 0.269 e. The lowest BCUT2D eigenvalue weighted by Crippen LogP contribution is -2.32. The van der Waals surface area contributed by atoms with Gasteiger partial charge in [-0.1, -0.05) is 36.4 Å². The SMILES string of the molecule is Cc1cccc(S(=O)(=O)n2c(CCN3C(=O)c4ccccc4C3=O)nc3ccccc32)c1. The number of fused-ring (bicyclic) bond motifs is 2. The molecular weight excluding hydrogens is 426 g/mol. The molecule has 1 aliphatic rings. The van der Waals surface area contributed by atoms with Crippen LogP contribution in [0.2, 0.25) is 0 Å². The van der Waals surface area contributed by atoms with E-state index in [1.54, 1.807) is 66.7 Å². The summed E-state index contributed by atoms with van der Waals surface area (Å²) in [6.07, 6.45) is 0.102. The Bertz CT molecular complexity index is 1470. The predicted octanol–water partition coefficient (Wildman–Crippen LogP) is 3.42. The molecule has 0 N–H and O–H groups in total. The molecule has 0 saturated heterocycles. The van der Waals surface area contributed by atoms with Crippen molar-refractivity contribution in [3.63, 3.8) is 0 Å². The van der Waals surface area contributed by atoms with Crippen molar-refractivity contribution in [2.45, 2.75) is 18.2 Å². The summed E-state index contributed by atoms with van der Waals surface area (Å²) in [5.41, 5.74) is 2.52. The summed E-state index contributed by atoms with van der Waals surface area (Å²) in [5, 5.41) is 0. The third-order valence-electron chi connectivity index (χ3n) is 5.55. The molecule has 2 heterocycles. The summed E-state index contributed by atoms with van der Waals surface area (Å²) in [4.78, 5) is 31.2. The molecule has 0 spiro atoms. The molecule has 4 aromatic rings. The highest BCUT2D eigenvalue weighted by Crippen LogP contribution is 2.26. The van der Waals surface area contributed by atoms with Crippen LogP contribution in [0.5, 0.6) is 0 Å². The zero-order valence-corrected chi connectivity index (χ0v) is 18.0. The lowest BCUT2D eigenvalue weighted by Gasteiger charge is -2.15. The minimum Gasteiger partial charge on any atom is -0.274 e. The lowest BCUT2D eigenvalue weighted by molar-refractivity contribution is 0.0655. The second-order valence-electron chi connectivity index (χ2n) is 7.66. The first-order valence-corrected chi connectivity index (χ1v) is 11.6. The first-order valence-electron chi connectivity index (χ1n) is 10.1. The van der Waals surface area contributed by atoms with E-state index in [0.29, 0.717) is 22.2 Å². The summed E-state index contributed by atoms with van der Waals surface area (Å²) in [6, 6.07) is 20.3. The van der Waals surface area contributed by atoms with Crippen LogP contribution in [0.25, 0.3) is 11.0 Å². The van der Waals surface area contributed by atoms with Crippen molar-refractivity contribution in [2.75, 3.05) is 6.54 Å². The molecule has 8 heteroatoms. The minimum absolute atomic E-state index is 0.0268. The van der Waals surface area contributed by atoms with Crippen LogP contribution in [-0.2, 0) is 16.4 Å². The number of benzene rings is 3. The average molecular weight is 446 g/mol. The van der Waals surface area contributed by atoms with Gasteiger partial charge in [0.1, 0.15) is 5.82 Å². The molecule has 0 atom stereocenters. The lowest BCUT2D eigenvalue weighted by atomic mass is 10.1. The fourth-order valence-corrected chi connectivity index (χ4v) is 5.63. The highest BCUT2D eigenvalue weighted by Gasteiger charge is 2.35. The van der Waals surface area contributed by atoms with Crippen molar-refractivity contribution in [2.24, 2.45) is 0 Å². The Morgan fingerprint density at radius 3 is 2.19 bits per heavy atom. The zero-order chi connectivity index (χ0) is 22.5. The first kappa shape index (κ1) is 20.1. The average Bonchev–Trinajstić information content (AvgIpc) is 3.28. The maximum Gasteiger partial charge on any atom is 0.269 e. The van der Waals surface area contributed by atoms with E-state index < -0.39 is 10.0 Å². The molecule has 1 aliphatic heterocycles. The van der Waals surface area contributed by atoms with Crippen molar-refractivity contribution < 1.29 is 18.0 Å². The van der Waals surface area contributed by atoms with E-state index in [4.69, 9.17) is 0 Å². The number of carbonyl (C=O) groups is 2. The van der Waals surface area contributed by atoms with Crippen molar-refractivity contribution in [3.8, 4) is 0 Å². The number of carbonyl (C=O) groups excluding carboxylic acids is 2. The Balaban J connectivity index is 1.55. The number of rotatable bonds is 5. The fraction of sp³-hybridized carbons (Fsp3) is 0.125. The van der Waals surface area contributed by atoms with Gasteiger partial charge < -0.3 is 0 Å². The highest BCUT2D eigenvalue weighted by molar-refractivity contribution is 7.90. The van der Waals surface area contributed by atoms with Gasteiger partial charge in [-0.2, -0.15) is 0 Å². The monoisotopic (exact) mass is 445 g/mol. The Morgan fingerprint density at radius 1 is 0.844 bits per heavy atom. The van der Waals surface area contributed by atoms with Crippen LogP contribution < -0.4 is 0 Å². The largest absolute Gasteiger partial charge is 0.274 e. The Morgan fingerprint density at radius 2 is 1.50 bits per heavy atom. The molecule has 0 fully saturated rings. The van der Waals surface area contributed by atoms with Crippen molar-refractivity contribution in [1.29, 1.82) is 0 Å². The summed E-state index contributed by atoms with van der Waals surface area (Å²) in [6.45, 7) is 1.85. The second kappa shape index (κ2) is 7.42. The van der Waals surface area contributed by atoms with Gasteiger partial charge in [-0.25, -0.2) is 17.4 Å². The van der Waals surface area contributed by atoms with E-state index in [-0.39, 0.29) is 35.5 Å². The van der Waals surface area contributed by atoms with Gasteiger partial charge in [0.2, 0.25) is 0 Å². The number of imide groups is 1. The van der Waals surface area contributed by atoms with Crippen LogP contribution in [0.1, 0.15) is 32.1 Å². The number of nitrogens with zero attached hydrogens (tertiary/aromatic N) is 3. The van der Waals surface area contributed by atoms with Crippen molar-refractivity contribution >= 4 is 32.9 Å². The third-order valence-corrected chi connectivity index (χ3v) is 7.29. The Hall–Kier alpha value is -3.78. The molecule has 0 saturated carbocycles. The highest BCUT2D eigenvalue weighted by atomic mass is 32.2. The number of hydrogen-bond donors (Lipinski definition) is 0. The number of aryl methyl sites for hydroxylation is 1. The van der Waals surface area contributed by atoms with Crippen LogP contribution >= 0.6 is 0 Å². The molecule has 160 valence electrons. The van der Waals surface area contributed by atoms with Gasteiger partial charge in [-0.15, -0.1) is 0 Å². The topological polar surface area (TPSA) is 89.3 Å². The summed E-state index contributed by atoms with van der Waals surface area (Å²) >= 11 is 0. The minimum atomic E-state index is -3.94. The van der Waals surface area contributed by atoms with Gasteiger partial charge in [-0.05, 0) is 48.9 Å². The summed E-state index contributed by atoms with van der Waals surface area (Å²) in [7, 11) is -3.94. The van der Waals surface area contributed by atoms with Crippen molar-refractivity contribution in [1.82, 2.24) is 13.9 Å². The number of para-hydroxylation sites is 2. The van der Waals surface area contributed by atoms with Gasteiger partial charge in [-0.3, -0.25) is 14.5 Å². The van der Waals surface area contributed by atoms with Crippen molar-refractivity contribution in [3.05, 3.63) is 95.3 Å². The zero-order valence-electron chi connectivity index (χ0n) is 17.2. The van der Waals surface area contributed by atoms with Crippen LogP contribution in [-0.4, -0.2) is 40.6 Å². The van der Waals surface area contributed by atoms with Crippen LogP contribution in [0, 0.1) is 6.92 Å². The van der Waals surface area contributed by atoms with Crippen LogP contribution in [0.15, 0.2) is 77.7 Å². The number of imidazole rings is 1. The summed E-state index contributed by atoms with van der Waals surface area (Å²) in [5.74, 6) is -0.492. The van der Waals surface area contributed by atoms with E-state index in [1.807, 2.05) is 13.0 Å². The molecule has 0 unspecified atom stereocenters.